The first-order valence-electron chi connectivity index (χ1n) is 7.05. The van der Waals surface area contributed by atoms with Crippen molar-refractivity contribution in [2.45, 2.75) is 32.4 Å². The third-order valence-electron chi connectivity index (χ3n) is 3.81. The van der Waals surface area contributed by atoms with E-state index in [1.165, 1.54) is 0 Å². The molecular weight excluding hydrogens is 246 g/mol. The van der Waals surface area contributed by atoms with Crippen LogP contribution in [0.1, 0.15) is 20.3 Å². The quantitative estimate of drug-likeness (QED) is 0.714. The van der Waals surface area contributed by atoms with Gasteiger partial charge in [-0.05, 0) is 19.3 Å². The summed E-state index contributed by atoms with van der Waals surface area (Å²) in [6.07, 6.45) is 0.531. The Kier molecular flexibility index (Phi) is 4.76. The number of carbonyl (C=O) groups is 2. The molecule has 0 aromatic rings. The summed E-state index contributed by atoms with van der Waals surface area (Å²) in [5.74, 6) is 0.105. The summed E-state index contributed by atoms with van der Waals surface area (Å²) in [7, 11) is 0. The van der Waals surface area contributed by atoms with Crippen LogP contribution in [0.15, 0.2) is 0 Å². The summed E-state index contributed by atoms with van der Waals surface area (Å²) in [4.78, 5) is 26.2. The van der Waals surface area contributed by atoms with Gasteiger partial charge in [0.15, 0.2) is 0 Å². The lowest BCUT2D eigenvalue weighted by Gasteiger charge is -2.37. The van der Waals surface area contributed by atoms with Crippen LogP contribution in [0.5, 0.6) is 0 Å². The second-order valence-corrected chi connectivity index (χ2v) is 5.20. The third-order valence-corrected chi connectivity index (χ3v) is 3.81. The first-order chi connectivity index (χ1) is 9.15. The van der Waals surface area contributed by atoms with Crippen LogP contribution in [0.3, 0.4) is 0 Å². The highest BCUT2D eigenvalue weighted by Crippen LogP contribution is 2.23. The van der Waals surface area contributed by atoms with Gasteiger partial charge in [0.1, 0.15) is 12.1 Å². The molecule has 19 heavy (non-hydrogen) atoms. The molecule has 2 heterocycles. The van der Waals surface area contributed by atoms with Crippen LogP contribution in [0, 0.1) is 5.92 Å². The molecule has 6 heteroatoms. The van der Waals surface area contributed by atoms with E-state index in [0.717, 1.165) is 13.0 Å². The smallest absolute Gasteiger partial charge is 0.252 e. The van der Waals surface area contributed by atoms with Crippen LogP contribution < -0.4 is 10.6 Å². The SMILES string of the molecule is CCNC(=O)C1CNCCN1C(=O)C1OCCC1C. The largest absolute Gasteiger partial charge is 0.368 e. The minimum absolute atomic E-state index is 0.0391. The lowest BCUT2D eigenvalue weighted by molar-refractivity contribution is -0.150. The molecule has 2 rings (SSSR count). The van der Waals surface area contributed by atoms with Crippen molar-refractivity contribution in [3.8, 4) is 0 Å². The van der Waals surface area contributed by atoms with E-state index in [9.17, 15) is 9.59 Å². The standard InChI is InChI=1S/C13H23N3O3/c1-3-15-12(17)10-8-14-5-6-16(10)13(18)11-9(2)4-7-19-11/h9-11,14H,3-8H2,1-2H3,(H,15,17). The highest BCUT2D eigenvalue weighted by atomic mass is 16.5. The molecule has 108 valence electrons. The summed E-state index contributed by atoms with van der Waals surface area (Å²) in [6.45, 7) is 6.92. The van der Waals surface area contributed by atoms with Crippen LogP contribution >= 0.6 is 0 Å². The van der Waals surface area contributed by atoms with Crippen molar-refractivity contribution in [3.05, 3.63) is 0 Å². The molecular formula is C13H23N3O3. The average molecular weight is 269 g/mol. The number of rotatable bonds is 3. The molecule has 2 amide bonds. The van der Waals surface area contributed by atoms with Crippen molar-refractivity contribution in [2.75, 3.05) is 32.8 Å². The van der Waals surface area contributed by atoms with Gasteiger partial charge in [-0.25, -0.2) is 0 Å². The topological polar surface area (TPSA) is 70.7 Å². The highest BCUT2D eigenvalue weighted by molar-refractivity contribution is 5.90. The van der Waals surface area contributed by atoms with Crippen LogP contribution in [-0.2, 0) is 14.3 Å². The predicted octanol–water partition coefficient (Wildman–Crippen LogP) is -0.652. The van der Waals surface area contributed by atoms with Crippen molar-refractivity contribution in [2.24, 2.45) is 5.92 Å². The molecule has 0 aromatic heterocycles. The van der Waals surface area contributed by atoms with Crippen LogP contribution in [0.4, 0.5) is 0 Å². The number of likely N-dealkylation sites (N-methyl/N-ethyl adjacent to an activating group) is 1. The van der Waals surface area contributed by atoms with Gasteiger partial charge in [0.25, 0.3) is 5.91 Å². The molecule has 0 radical (unpaired) electrons. The molecule has 3 unspecified atom stereocenters. The fraction of sp³-hybridized carbons (Fsp3) is 0.846. The van der Waals surface area contributed by atoms with Gasteiger partial charge in [-0.1, -0.05) is 6.92 Å². The number of carbonyl (C=O) groups excluding carboxylic acids is 2. The summed E-state index contributed by atoms with van der Waals surface area (Å²) >= 11 is 0. The van der Waals surface area contributed by atoms with Gasteiger partial charge in [0.2, 0.25) is 5.91 Å². The Bertz CT molecular complexity index is 348. The first-order valence-corrected chi connectivity index (χ1v) is 7.05. The molecule has 0 aliphatic carbocycles. The van der Waals surface area contributed by atoms with Gasteiger partial charge in [-0.2, -0.15) is 0 Å². The van der Waals surface area contributed by atoms with E-state index in [4.69, 9.17) is 4.74 Å². The molecule has 0 saturated carbocycles. The lowest BCUT2D eigenvalue weighted by atomic mass is 10.0. The summed E-state index contributed by atoms with van der Waals surface area (Å²) in [5, 5.41) is 5.95. The Hall–Kier alpha value is -1.14. The minimum Gasteiger partial charge on any atom is -0.368 e. The van der Waals surface area contributed by atoms with Crippen LogP contribution in [-0.4, -0.2) is 61.6 Å². The maximum absolute atomic E-state index is 12.5. The Morgan fingerprint density at radius 3 is 2.89 bits per heavy atom. The Morgan fingerprint density at radius 2 is 2.26 bits per heavy atom. The molecule has 0 bridgehead atoms. The van der Waals surface area contributed by atoms with E-state index in [1.54, 1.807) is 4.90 Å². The molecule has 3 atom stereocenters. The fourth-order valence-corrected chi connectivity index (χ4v) is 2.67. The fourth-order valence-electron chi connectivity index (χ4n) is 2.67. The molecule has 2 fully saturated rings. The number of hydrogen-bond acceptors (Lipinski definition) is 4. The molecule has 6 nitrogen and oxygen atoms in total. The van der Waals surface area contributed by atoms with Gasteiger partial charge in [0.05, 0.1) is 0 Å². The van der Waals surface area contributed by atoms with Gasteiger partial charge in [0, 0.05) is 32.8 Å². The third kappa shape index (κ3) is 3.06. The normalized spacial score (nSPS) is 31.3. The minimum atomic E-state index is -0.419. The maximum atomic E-state index is 12.5. The Balaban J connectivity index is 2.06. The van der Waals surface area contributed by atoms with E-state index >= 15 is 0 Å². The van der Waals surface area contributed by atoms with E-state index in [0.29, 0.717) is 26.2 Å². The Morgan fingerprint density at radius 1 is 1.47 bits per heavy atom. The molecule has 0 aromatic carbocycles. The number of nitrogens with zero attached hydrogens (tertiary/aromatic N) is 1. The first kappa shape index (κ1) is 14.3. The van der Waals surface area contributed by atoms with Crippen molar-refractivity contribution >= 4 is 11.8 Å². The van der Waals surface area contributed by atoms with Gasteiger partial charge >= 0.3 is 0 Å². The maximum Gasteiger partial charge on any atom is 0.252 e. The van der Waals surface area contributed by atoms with E-state index < -0.39 is 6.04 Å². The van der Waals surface area contributed by atoms with Crippen molar-refractivity contribution in [3.63, 3.8) is 0 Å². The zero-order valence-corrected chi connectivity index (χ0v) is 11.6. The van der Waals surface area contributed by atoms with E-state index in [1.807, 2.05) is 13.8 Å². The van der Waals surface area contributed by atoms with Crippen molar-refractivity contribution in [1.82, 2.24) is 15.5 Å². The molecule has 2 aliphatic heterocycles. The molecule has 2 N–H and O–H groups in total. The number of ether oxygens (including phenoxy) is 1. The Labute approximate surface area is 113 Å². The molecule has 2 aliphatic rings. The lowest BCUT2D eigenvalue weighted by Crippen LogP contribution is -2.61. The number of piperazine rings is 1. The summed E-state index contributed by atoms with van der Waals surface area (Å²) in [6, 6.07) is -0.419. The predicted molar refractivity (Wildman–Crippen MR) is 70.6 cm³/mol. The van der Waals surface area contributed by atoms with Gasteiger partial charge in [-0.3, -0.25) is 9.59 Å². The molecule has 0 spiro atoms. The van der Waals surface area contributed by atoms with Crippen molar-refractivity contribution < 1.29 is 14.3 Å². The van der Waals surface area contributed by atoms with E-state index in [-0.39, 0.29) is 23.8 Å². The summed E-state index contributed by atoms with van der Waals surface area (Å²) < 4.78 is 5.52. The van der Waals surface area contributed by atoms with E-state index in [2.05, 4.69) is 10.6 Å². The number of hydrogen-bond donors (Lipinski definition) is 2. The zero-order valence-electron chi connectivity index (χ0n) is 11.6. The number of amides is 2. The van der Waals surface area contributed by atoms with Crippen LogP contribution in [0.25, 0.3) is 0 Å². The monoisotopic (exact) mass is 269 g/mol. The zero-order chi connectivity index (χ0) is 13.8. The molecule has 2 saturated heterocycles. The highest BCUT2D eigenvalue weighted by Gasteiger charge is 2.39. The second-order valence-electron chi connectivity index (χ2n) is 5.20. The van der Waals surface area contributed by atoms with Gasteiger partial charge < -0.3 is 20.3 Å². The second kappa shape index (κ2) is 6.34. The average Bonchev–Trinajstić information content (AvgIpc) is 2.84. The summed E-state index contributed by atoms with van der Waals surface area (Å²) in [5.41, 5.74) is 0. The number of nitrogens with one attached hydrogen (secondary N) is 2. The van der Waals surface area contributed by atoms with Crippen LogP contribution in [0.2, 0.25) is 0 Å². The van der Waals surface area contributed by atoms with Gasteiger partial charge in [-0.15, -0.1) is 0 Å². The van der Waals surface area contributed by atoms with Crippen molar-refractivity contribution in [1.29, 1.82) is 0 Å².